The standard InChI is InChI=1S/C34H35Cl2N3O5S/c1-3-19-37-34(41)32(21-25-11-6-4-7-12-25)38(23-26-13-10-14-28(20-26)44-2)33(40)24-39(31-18-17-27(35)22-30(31)36)45(42,43)29-15-8-5-9-16-29/h4-18,20,22,32H,3,19,21,23-24H2,1-2H3,(H,37,41)/t32-/m0/s1. The molecule has 45 heavy (non-hydrogen) atoms. The second-order valence-electron chi connectivity index (χ2n) is 10.3. The summed E-state index contributed by atoms with van der Waals surface area (Å²) in [6.45, 7) is 1.74. The summed E-state index contributed by atoms with van der Waals surface area (Å²) in [6.07, 6.45) is 0.908. The molecule has 236 valence electrons. The molecule has 0 radical (unpaired) electrons. The van der Waals surface area contributed by atoms with E-state index in [0.717, 1.165) is 9.87 Å². The zero-order valence-corrected chi connectivity index (χ0v) is 27.4. The number of sulfonamides is 1. The number of methoxy groups -OCH3 is 1. The van der Waals surface area contributed by atoms with E-state index in [0.29, 0.717) is 29.3 Å². The lowest BCUT2D eigenvalue weighted by molar-refractivity contribution is -0.140. The van der Waals surface area contributed by atoms with Crippen molar-refractivity contribution < 1.29 is 22.7 Å². The third-order valence-electron chi connectivity index (χ3n) is 7.10. The van der Waals surface area contributed by atoms with E-state index in [1.54, 1.807) is 43.5 Å². The van der Waals surface area contributed by atoms with Crippen LogP contribution in [0.5, 0.6) is 5.75 Å². The van der Waals surface area contributed by atoms with Crippen molar-refractivity contribution in [2.75, 3.05) is 24.5 Å². The van der Waals surface area contributed by atoms with Gasteiger partial charge in [-0.05, 0) is 60.0 Å². The van der Waals surface area contributed by atoms with Crippen molar-refractivity contribution in [3.63, 3.8) is 0 Å². The Bertz CT molecular complexity index is 1710. The average molecular weight is 669 g/mol. The lowest BCUT2D eigenvalue weighted by Crippen LogP contribution is -2.53. The molecule has 0 aliphatic carbocycles. The Morgan fingerprint density at radius 3 is 2.18 bits per heavy atom. The van der Waals surface area contributed by atoms with E-state index in [4.69, 9.17) is 27.9 Å². The number of carbonyl (C=O) groups is 2. The van der Waals surface area contributed by atoms with Crippen molar-refractivity contribution in [1.29, 1.82) is 0 Å². The summed E-state index contributed by atoms with van der Waals surface area (Å²) in [5.41, 5.74) is 1.62. The maximum Gasteiger partial charge on any atom is 0.264 e. The van der Waals surface area contributed by atoms with Crippen molar-refractivity contribution >= 4 is 50.7 Å². The Balaban J connectivity index is 1.82. The fraction of sp³-hybridized carbons (Fsp3) is 0.235. The van der Waals surface area contributed by atoms with Crippen LogP contribution in [0.4, 0.5) is 5.69 Å². The number of nitrogens with zero attached hydrogens (tertiary/aromatic N) is 2. The summed E-state index contributed by atoms with van der Waals surface area (Å²) in [7, 11) is -2.74. The summed E-state index contributed by atoms with van der Waals surface area (Å²) < 4.78 is 34.5. The van der Waals surface area contributed by atoms with Crippen molar-refractivity contribution in [2.45, 2.75) is 37.2 Å². The maximum atomic E-state index is 14.5. The third-order valence-corrected chi connectivity index (χ3v) is 9.41. The Hall–Kier alpha value is -4.05. The number of benzene rings is 4. The predicted octanol–water partition coefficient (Wildman–Crippen LogP) is 6.36. The maximum absolute atomic E-state index is 14.5. The fourth-order valence-corrected chi connectivity index (χ4v) is 6.82. The van der Waals surface area contributed by atoms with Crippen LogP contribution < -0.4 is 14.4 Å². The predicted molar refractivity (Wildman–Crippen MR) is 178 cm³/mol. The van der Waals surface area contributed by atoms with Crippen molar-refractivity contribution in [3.8, 4) is 5.75 Å². The molecule has 4 aromatic carbocycles. The summed E-state index contributed by atoms with van der Waals surface area (Å²) in [5.74, 6) is -0.369. The van der Waals surface area contributed by atoms with E-state index in [2.05, 4.69) is 5.32 Å². The van der Waals surface area contributed by atoms with Gasteiger partial charge in [0, 0.05) is 24.5 Å². The van der Waals surface area contributed by atoms with Crippen LogP contribution in [-0.2, 0) is 32.6 Å². The first kappa shape index (κ1) is 33.8. The molecule has 1 atom stereocenters. The van der Waals surface area contributed by atoms with Crippen LogP contribution in [0.25, 0.3) is 0 Å². The molecule has 0 saturated heterocycles. The van der Waals surface area contributed by atoms with Crippen LogP contribution >= 0.6 is 23.2 Å². The molecule has 4 rings (SSSR count). The van der Waals surface area contributed by atoms with Crippen LogP contribution in [0.2, 0.25) is 10.0 Å². The number of anilines is 1. The number of rotatable bonds is 14. The number of hydrogen-bond donors (Lipinski definition) is 1. The molecule has 0 fully saturated rings. The molecule has 0 unspecified atom stereocenters. The first-order chi connectivity index (χ1) is 21.6. The van der Waals surface area contributed by atoms with Crippen molar-refractivity contribution in [3.05, 3.63) is 124 Å². The Morgan fingerprint density at radius 2 is 1.53 bits per heavy atom. The van der Waals surface area contributed by atoms with E-state index < -0.39 is 28.5 Å². The Kier molecular flexibility index (Phi) is 11.9. The molecule has 0 bridgehead atoms. The van der Waals surface area contributed by atoms with E-state index in [-0.39, 0.29) is 34.5 Å². The van der Waals surface area contributed by atoms with Crippen molar-refractivity contribution in [1.82, 2.24) is 10.2 Å². The minimum Gasteiger partial charge on any atom is -0.497 e. The summed E-state index contributed by atoms with van der Waals surface area (Å²) >= 11 is 12.7. The molecule has 0 aromatic heterocycles. The van der Waals surface area contributed by atoms with Crippen LogP contribution in [0, 0.1) is 0 Å². The van der Waals surface area contributed by atoms with Gasteiger partial charge in [-0.3, -0.25) is 13.9 Å². The van der Waals surface area contributed by atoms with Crippen LogP contribution in [0.3, 0.4) is 0 Å². The second-order valence-corrected chi connectivity index (χ2v) is 13.0. The molecule has 2 amide bonds. The molecule has 8 nitrogen and oxygen atoms in total. The summed E-state index contributed by atoms with van der Waals surface area (Å²) in [6, 6.07) is 27.7. The van der Waals surface area contributed by atoms with Crippen LogP contribution in [-0.4, -0.2) is 51.4 Å². The first-order valence-electron chi connectivity index (χ1n) is 14.4. The topological polar surface area (TPSA) is 96.0 Å². The van der Waals surface area contributed by atoms with Crippen LogP contribution in [0.1, 0.15) is 24.5 Å². The lowest BCUT2D eigenvalue weighted by atomic mass is 10.0. The zero-order chi connectivity index (χ0) is 32.4. The quantitative estimate of drug-likeness (QED) is 0.169. The average Bonchev–Trinajstić information content (AvgIpc) is 3.05. The van der Waals surface area contributed by atoms with E-state index in [1.807, 2.05) is 43.3 Å². The molecule has 0 spiro atoms. The molecule has 4 aromatic rings. The Labute approximate surface area is 274 Å². The minimum absolute atomic E-state index is 0.0145. The first-order valence-corrected chi connectivity index (χ1v) is 16.6. The molecule has 0 saturated carbocycles. The highest BCUT2D eigenvalue weighted by Gasteiger charge is 2.35. The van der Waals surface area contributed by atoms with Gasteiger partial charge < -0.3 is 15.0 Å². The second kappa shape index (κ2) is 15.8. The number of carbonyl (C=O) groups excluding carboxylic acids is 2. The number of ether oxygens (including phenoxy) is 1. The van der Waals surface area contributed by atoms with Gasteiger partial charge in [0.1, 0.15) is 18.3 Å². The highest BCUT2D eigenvalue weighted by Crippen LogP contribution is 2.33. The molecule has 0 heterocycles. The van der Waals surface area contributed by atoms with Crippen LogP contribution in [0.15, 0.2) is 108 Å². The lowest BCUT2D eigenvalue weighted by Gasteiger charge is -2.34. The van der Waals surface area contributed by atoms with Gasteiger partial charge >= 0.3 is 0 Å². The van der Waals surface area contributed by atoms with Crippen molar-refractivity contribution in [2.24, 2.45) is 0 Å². The van der Waals surface area contributed by atoms with E-state index in [1.165, 1.54) is 35.2 Å². The summed E-state index contributed by atoms with van der Waals surface area (Å²) in [4.78, 5) is 29.6. The number of amides is 2. The van der Waals surface area contributed by atoms with Gasteiger partial charge in [-0.2, -0.15) is 0 Å². The molecule has 0 aliphatic heterocycles. The molecule has 0 aliphatic rings. The number of hydrogen-bond acceptors (Lipinski definition) is 5. The normalized spacial score (nSPS) is 11.8. The van der Waals surface area contributed by atoms with E-state index >= 15 is 0 Å². The largest absolute Gasteiger partial charge is 0.497 e. The Morgan fingerprint density at radius 1 is 0.867 bits per heavy atom. The zero-order valence-electron chi connectivity index (χ0n) is 25.0. The van der Waals surface area contributed by atoms with Gasteiger partial charge in [0.2, 0.25) is 11.8 Å². The number of nitrogens with one attached hydrogen (secondary N) is 1. The van der Waals surface area contributed by atoms with E-state index in [9.17, 15) is 18.0 Å². The van der Waals surface area contributed by atoms with Gasteiger partial charge in [0.25, 0.3) is 10.0 Å². The molecular formula is C34H35Cl2N3O5S. The smallest absolute Gasteiger partial charge is 0.264 e. The highest BCUT2D eigenvalue weighted by molar-refractivity contribution is 7.92. The monoisotopic (exact) mass is 667 g/mol. The van der Waals surface area contributed by atoms with Gasteiger partial charge in [0.05, 0.1) is 22.7 Å². The molecular weight excluding hydrogens is 633 g/mol. The highest BCUT2D eigenvalue weighted by atomic mass is 35.5. The number of halogens is 2. The summed E-state index contributed by atoms with van der Waals surface area (Å²) in [5, 5.41) is 3.29. The van der Waals surface area contributed by atoms with Gasteiger partial charge in [-0.15, -0.1) is 0 Å². The molecule has 11 heteroatoms. The van der Waals surface area contributed by atoms with Gasteiger partial charge in [-0.25, -0.2) is 8.42 Å². The van der Waals surface area contributed by atoms with Gasteiger partial charge in [0.15, 0.2) is 0 Å². The molecule has 1 N–H and O–H groups in total. The fourth-order valence-electron chi connectivity index (χ4n) is 4.80. The minimum atomic E-state index is -4.28. The third kappa shape index (κ3) is 8.78. The van der Waals surface area contributed by atoms with Gasteiger partial charge in [-0.1, -0.05) is 90.8 Å². The SMILES string of the molecule is CCCNC(=O)[C@H](Cc1ccccc1)N(Cc1cccc(OC)c1)C(=O)CN(c1ccc(Cl)cc1Cl)S(=O)(=O)c1ccccc1.